The van der Waals surface area contributed by atoms with E-state index in [1.165, 1.54) is 0 Å². The molecule has 1 heterocycles. The first-order valence-electron chi connectivity index (χ1n) is 5.84. The number of halogens is 1. The normalized spacial score (nSPS) is 10.3. The molecule has 0 spiro atoms. The van der Waals surface area contributed by atoms with Gasteiger partial charge in [-0.15, -0.1) is 0 Å². The summed E-state index contributed by atoms with van der Waals surface area (Å²) in [6, 6.07) is 8.93. The molecule has 2 rings (SSSR count). The average Bonchev–Trinajstić information content (AvgIpc) is 2.90. The predicted molar refractivity (Wildman–Crippen MR) is 71.8 cm³/mol. The minimum atomic E-state index is -0.157. The predicted octanol–water partition coefficient (Wildman–Crippen LogP) is 3.74. The molecule has 1 aromatic heterocycles. The molecule has 0 unspecified atom stereocenters. The molecule has 0 aliphatic heterocycles. The summed E-state index contributed by atoms with van der Waals surface area (Å²) in [6.07, 6.45) is 2.49. The van der Waals surface area contributed by atoms with Crippen molar-refractivity contribution in [1.29, 1.82) is 0 Å². The molecule has 0 fully saturated rings. The molecule has 0 radical (unpaired) electrons. The Kier molecular flexibility index (Phi) is 4.05. The maximum Gasteiger partial charge on any atom is 0.252 e. The Hall–Kier alpha value is -1.74. The molecule has 0 bridgehead atoms. The van der Waals surface area contributed by atoms with E-state index in [4.69, 9.17) is 16.0 Å². The molecule has 2 aromatic rings. The molecule has 0 saturated carbocycles. The Morgan fingerprint density at radius 2 is 2.22 bits per heavy atom. The van der Waals surface area contributed by atoms with Crippen molar-refractivity contribution in [2.75, 3.05) is 6.54 Å². The molecule has 3 nitrogen and oxygen atoms in total. The summed E-state index contributed by atoms with van der Waals surface area (Å²) < 4.78 is 5.30. The zero-order chi connectivity index (χ0) is 13.0. The molecule has 1 aromatic carbocycles. The van der Waals surface area contributed by atoms with Crippen molar-refractivity contribution in [2.45, 2.75) is 13.3 Å². The Balaban J connectivity index is 2.30. The molecule has 0 aliphatic carbocycles. The van der Waals surface area contributed by atoms with E-state index in [2.05, 4.69) is 5.32 Å². The summed E-state index contributed by atoms with van der Waals surface area (Å²) in [5.74, 6) is 0.562. The van der Waals surface area contributed by atoms with Gasteiger partial charge >= 0.3 is 0 Å². The second kappa shape index (κ2) is 5.74. The van der Waals surface area contributed by atoms with Crippen molar-refractivity contribution in [2.24, 2.45) is 0 Å². The van der Waals surface area contributed by atoms with Crippen molar-refractivity contribution >= 4 is 17.5 Å². The topological polar surface area (TPSA) is 42.2 Å². The van der Waals surface area contributed by atoms with E-state index in [9.17, 15) is 4.79 Å². The van der Waals surface area contributed by atoms with Crippen LogP contribution in [0.25, 0.3) is 11.3 Å². The van der Waals surface area contributed by atoms with E-state index in [0.29, 0.717) is 17.1 Å². The largest absolute Gasteiger partial charge is 0.464 e. The minimum absolute atomic E-state index is 0.157. The maximum absolute atomic E-state index is 11.9. The zero-order valence-electron chi connectivity index (χ0n) is 10.1. The first-order valence-corrected chi connectivity index (χ1v) is 6.21. The molecule has 0 saturated heterocycles. The Morgan fingerprint density at radius 3 is 2.89 bits per heavy atom. The number of benzene rings is 1. The van der Waals surface area contributed by atoms with Crippen LogP contribution >= 0.6 is 11.6 Å². The molecule has 18 heavy (non-hydrogen) atoms. The van der Waals surface area contributed by atoms with Gasteiger partial charge in [0.05, 0.1) is 16.8 Å². The fourth-order valence-electron chi connectivity index (χ4n) is 1.63. The fourth-order valence-corrected chi connectivity index (χ4v) is 1.83. The van der Waals surface area contributed by atoms with Gasteiger partial charge in [0, 0.05) is 12.1 Å². The highest BCUT2D eigenvalue weighted by Crippen LogP contribution is 2.25. The highest BCUT2D eigenvalue weighted by atomic mass is 35.5. The van der Waals surface area contributed by atoms with Gasteiger partial charge in [-0.2, -0.15) is 0 Å². The Labute approximate surface area is 111 Å². The van der Waals surface area contributed by atoms with Gasteiger partial charge < -0.3 is 9.73 Å². The number of hydrogen-bond acceptors (Lipinski definition) is 2. The summed E-state index contributed by atoms with van der Waals surface area (Å²) in [4.78, 5) is 11.9. The molecular formula is C14H14ClNO2. The standard InChI is InChI=1S/C14H14ClNO2/c1-2-7-16-14(17)11-9-10(5-6-12(11)15)13-4-3-8-18-13/h3-6,8-9H,2,7H2,1H3,(H,16,17). The van der Waals surface area contributed by atoms with Crippen molar-refractivity contribution in [3.05, 3.63) is 47.2 Å². The average molecular weight is 264 g/mol. The van der Waals surface area contributed by atoms with Crippen LogP contribution in [0.2, 0.25) is 5.02 Å². The SMILES string of the molecule is CCCNC(=O)c1cc(-c2ccco2)ccc1Cl. The number of amides is 1. The lowest BCUT2D eigenvalue weighted by Gasteiger charge is -2.07. The van der Waals surface area contributed by atoms with E-state index in [-0.39, 0.29) is 5.91 Å². The van der Waals surface area contributed by atoms with Crippen molar-refractivity contribution in [3.63, 3.8) is 0 Å². The third-order valence-electron chi connectivity index (χ3n) is 2.55. The highest BCUT2D eigenvalue weighted by Gasteiger charge is 2.12. The van der Waals surface area contributed by atoms with Crippen LogP contribution in [0.1, 0.15) is 23.7 Å². The first-order chi connectivity index (χ1) is 8.72. The highest BCUT2D eigenvalue weighted by molar-refractivity contribution is 6.34. The lowest BCUT2D eigenvalue weighted by molar-refractivity contribution is 0.0954. The summed E-state index contributed by atoms with van der Waals surface area (Å²) in [5, 5.41) is 3.25. The van der Waals surface area contributed by atoms with Gasteiger partial charge in [-0.3, -0.25) is 4.79 Å². The van der Waals surface area contributed by atoms with Crippen LogP contribution in [0.4, 0.5) is 0 Å². The van der Waals surface area contributed by atoms with Crippen LogP contribution in [0.3, 0.4) is 0 Å². The lowest BCUT2D eigenvalue weighted by atomic mass is 10.1. The van der Waals surface area contributed by atoms with Gasteiger partial charge in [0.1, 0.15) is 5.76 Å². The first kappa shape index (κ1) is 12.7. The molecule has 0 atom stereocenters. The van der Waals surface area contributed by atoms with E-state index in [1.54, 1.807) is 24.5 Å². The van der Waals surface area contributed by atoms with Gasteiger partial charge in [-0.1, -0.05) is 18.5 Å². The molecule has 94 valence electrons. The third kappa shape index (κ3) is 2.74. The van der Waals surface area contributed by atoms with E-state index in [1.807, 2.05) is 19.1 Å². The van der Waals surface area contributed by atoms with Crippen LogP contribution in [-0.2, 0) is 0 Å². The molecule has 1 N–H and O–H groups in total. The Morgan fingerprint density at radius 1 is 1.39 bits per heavy atom. The lowest BCUT2D eigenvalue weighted by Crippen LogP contribution is -2.24. The summed E-state index contributed by atoms with van der Waals surface area (Å²) in [6.45, 7) is 2.64. The summed E-state index contributed by atoms with van der Waals surface area (Å²) >= 11 is 6.04. The van der Waals surface area contributed by atoms with Crippen molar-refractivity contribution in [1.82, 2.24) is 5.32 Å². The van der Waals surface area contributed by atoms with Gasteiger partial charge in [0.2, 0.25) is 0 Å². The van der Waals surface area contributed by atoms with Crippen LogP contribution in [0.15, 0.2) is 41.0 Å². The number of rotatable bonds is 4. The summed E-state index contributed by atoms with van der Waals surface area (Å²) in [7, 11) is 0. The van der Waals surface area contributed by atoms with Gasteiger partial charge in [-0.05, 0) is 36.8 Å². The van der Waals surface area contributed by atoms with Crippen LogP contribution < -0.4 is 5.32 Å². The van der Waals surface area contributed by atoms with Crippen LogP contribution in [-0.4, -0.2) is 12.5 Å². The van der Waals surface area contributed by atoms with Crippen molar-refractivity contribution in [3.8, 4) is 11.3 Å². The van der Waals surface area contributed by atoms with Crippen LogP contribution in [0.5, 0.6) is 0 Å². The van der Waals surface area contributed by atoms with Gasteiger partial charge in [-0.25, -0.2) is 0 Å². The van der Waals surface area contributed by atoms with Gasteiger partial charge in [0.25, 0.3) is 5.91 Å². The zero-order valence-corrected chi connectivity index (χ0v) is 10.8. The molecule has 0 aliphatic rings. The second-order valence-electron chi connectivity index (χ2n) is 3.93. The van der Waals surface area contributed by atoms with E-state index in [0.717, 1.165) is 17.7 Å². The number of furan rings is 1. The number of nitrogens with one attached hydrogen (secondary N) is 1. The Bertz CT molecular complexity index is 535. The number of carbonyl (C=O) groups is 1. The number of carbonyl (C=O) groups excluding carboxylic acids is 1. The van der Waals surface area contributed by atoms with Crippen LogP contribution in [0, 0.1) is 0 Å². The third-order valence-corrected chi connectivity index (χ3v) is 2.88. The monoisotopic (exact) mass is 263 g/mol. The minimum Gasteiger partial charge on any atom is -0.464 e. The van der Waals surface area contributed by atoms with E-state index < -0.39 is 0 Å². The van der Waals surface area contributed by atoms with E-state index >= 15 is 0 Å². The quantitative estimate of drug-likeness (QED) is 0.913. The second-order valence-corrected chi connectivity index (χ2v) is 4.34. The maximum atomic E-state index is 11.9. The molecule has 4 heteroatoms. The van der Waals surface area contributed by atoms with Crippen molar-refractivity contribution < 1.29 is 9.21 Å². The molecule has 1 amide bonds. The summed E-state index contributed by atoms with van der Waals surface area (Å²) in [5.41, 5.74) is 1.31. The molecular weight excluding hydrogens is 250 g/mol. The number of hydrogen-bond donors (Lipinski definition) is 1. The smallest absolute Gasteiger partial charge is 0.252 e. The fraction of sp³-hybridized carbons (Fsp3) is 0.214. The van der Waals surface area contributed by atoms with Gasteiger partial charge in [0.15, 0.2) is 0 Å².